The molecule has 1 aromatic carbocycles. The van der Waals surface area contributed by atoms with Crippen molar-refractivity contribution >= 4 is 14.6 Å². The van der Waals surface area contributed by atoms with Gasteiger partial charge in [-0.3, -0.25) is 0 Å². The quantitative estimate of drug-likeness (QED) is 0.596. The van der Waals surface area contributed by atoms with Gasteiger partial charge in [0.25, 0.3) is 0 Å². The second-order valence-electron chi connectivity index (χ2n) is 2.43. The van der Waals surface area contributed by atoms with Gasteiger partial charge in [0.2, 0.25) is 0 Å². The van der Waals surface area contributed by atoms with Crippen molar-refractivity contribution in [3.8, 4) is 11.5 Å². The average molecular weight is 180 g/mol. The lowest BCUT2D eigenvalue weighted by Gasteiger charge is -2.03. The highest BCUT2D eigenvalue weighted by atomic mass is 16.8. The fourth-order valence-electron chi connectivity index (χ4n) is 1.03. The lowest BCUT2D eigenvalue weighted by atomic mass is 10.1. The molecule has 1 aliphatic rings. The maximum Gasteiger partial charge on any atom is 0.776 e. The molecule has 66 valence electrons. The normalized spacial score (nSPS) is 13.2. The Labute approximate surface area is 75.2 Å². The number of fused-ring (bicyclic) bond motifs is 1. The molecule has 2 N–H and O–H groups in total. The minimum Gasteiger partial charge on any atom is -0.498 e. The van der Waals surface area contributed by atoms with E-state index in [9.17, 15) is 0 Å². The summed E-state index contributed by atoms with van der Waals surface area (Å²) in [7, 11) is -2.99. The van der Waals surface area contributed by atoms with Crippen LogP contribution in [0.4, 0.5) is 0 Å². The van der Waals surface area contributed by atoms with E-state index in [1.807, 2.05) is 0 Å². The van der Waals surface area contributed by atoms with Crippen LogP contribution in [0.25, 0.3) is 0 Å². The standard InChI is InChI=1S/C6H6B2O5/c9-7(10)13-8-11-5-3-1-2-4-6(5)12-8/h1-4,9-10H. The molecule has 0 amide bonds. The van der Waals surface area contributed by atoms with Gasteiger partial charge in [-0.25, -0.2) is 0 Å². The Hall–Kier alpha value is -1.17. The predicted molar refractivity (Wildman–Crippen MR) is 44.7 cm³/mol. The summed E-state index contributed by atoms with van der Waals surface area (Å²) < 4.78 is 14.6. The van der Waals surface area contributed by atoms with E-state index in [1.165, 1.54) is 0 Å². The van der Waals surface area contributed by atoms with E-state index in [0.29, 0.717) is 11.5 Å². The first kappa shape index (κ1) is 8.43. The summed E-state index contributed by atoms with van der Waals surface area (Å²) in [6, 6.07) is 6.95. The van der Waals surface area contributed by atoms with Crippen molar-refractivity contribution in [3.63, 3.8) is 0 Å². The van der Waals surface area contributed by atoms with Crippen LogP contribution < -0.4 is 9.31 Å². The van der Waals surface area contributed by atoms with E-state index >= 15 is 0 Å². The summed E-state index contributed by atoms with van der Waals surface area (Å²) in [6.45, 7) is 0. The molecule has 0 unspecified atom stereocenters. The monoisotopic (exact) mass is 180 g/mol. The molecule has 13 heavy (non-hydrogen) atoms. The molecule has 2 rings (SSSR count). The van der Waals surface area contributed by atoms with Crippen LogP contribution in [0.5, 0.6) is 11.5 Å². The largest absolute Gasteiger partial charge is 0.776 e. The molecule has 0 bridgehead atoms. The highest BCUT2D eigenvalue weighted by molar-refractivity contribution is 6.52. The smallest absolute Gasteiger partial charge is 0.498 e. The van der Waals surface area contributed by atoms with Gasteiger partial charge in [0.05, 0.1) is 0 Å². The molecule has 0 aliphatic carbocycles. The second kappa shape index (κ2) is 3.29. The molecule has 5 nitrogen and oxygen atoms in total. The molecule has 1 aliphatic heterocycles. The van der Waals surface area contributed by atoms with Crippen molar-refractivity contribution in [3.05, 3.63) is 24.3 Å². The van der Waals surface area contributed by atoms with Crippen LogP contribution in [0.2, 0.25) is 0 Å². The first-order valence-electron chi connectivity index (χ1n) is 3.69. The van der Waals surface area contributed by atoms with Crippen molar-refractivity contribution in [1.29, 1.82) is 0 Å². The fraction of sp³-hybridized carbons (Fsp3) is 0. The van der Waals surface area contributed by atoms with Gasteiger partial charge >= 0.3 is 14.6 Å². The first-order valence-corrected chi connectivity index (χ1v) is 3.69. The van der Waals surface area contributed by atoms with Crippen molar-refractivity contribution in [1.82, 2.24) is 0 Å². The van der Waals surface area contributed by atoms with E-state index in [0.717, 1.165) is 0 Å². The van der Waals surface area contributed by atoms with Crippen molar-refractivity contribution in [2.75, 3.05) is 0 Å². The number of hydrogen-bond donors (Lipinski definition) is 2. The SMILES string of the molecule is OB(O)OB1Oc2ccccc2O1. The Morgan fingerprint density at radius 1 is 1.15 bits per heavy atom. The fourth-order valence-corrected chi connectivity index (χ4v) is 1.03. The second-order valence-corrected chi connectivity index (χ2v) is 2.43. The Morgan fingerprint density at radius 2 is 1.69 bits per heavy atom. The van der Waals surface area contributed by atoms with E-state index in [4.69, 9.17) is 19.4 Å². The van der Waals surface area contributed by atoms with Gasteiger partial charge in [-0.2, -0.15) is 0 Å². The van der Waals surface area contributed by atoms with Gasteiger partial charge in [-0.15, -0.1) is 0 Å². The molecule has 0 aromatic heterocycles. The molecule has 1 heterocycles. The zero-order chi connectivity index (χ0) is 9.26. The lowest BCUT2D eigenvalue weighted by molar-refractivity contribution is 0.240. The molecule has 0 radical (unpaired) electrons. The highest BCUT2D eigenvalue weighted by Gasteiger charge is 2.38. The molecule has 0 atom stereocenters. The number of para-hydroxylation sites is 2. The van der Waals surface area contributed by atoms with Crippen LogP contribution in [-0.2, 0) is 4.57 Å². The van der Waals surface area contributed by atoms with Gasteiger partial charge < -0.3 is 23.9 Å². The zero-order valence-electron chi connectivity index (χ0n) is 6.58. The van der Waals surface area contributed by atoms with Crippen LogP contribution in [-0.4, -0.2) is 24.7 Å². The van der Waals surface area contributed by atoms with E-state index in [2.05, 4.69) is 4.57 Å². The predicted octanol–water partition coefficient (Wildman–Crippen LogP) is -0.571. The third-order valence-corrected chi connectivity index (χ3v) is 1.53. The number of rotatable bonds is 2. The van der Waals surface area contributed by atoms with Gasteiger partial charge in [0.1, 0.15) is 11.5 Å². The minimum atomic E-state index is -1.90. The van der Waals surface area contributed by atoms with Gasteiger partial charge in [0, 0.05) is 0 Å². The Bertz CT molecular complexity index is 280. The van der Waals surface area contributed by atoms with Crippen LogP contribution in [0.3, 0.4) is 0 Å². The third kappa shape index (κ3) is 1.77. The highest BCUT2D eigenvalue weighted by Crippen LogP contribution is 2.32. The summed E-state index contributed by atoms with van der Waals surface area (Å²) in [5.41, 5.74) is 0. The van der Waals surface area contributed by atoms with Crippen molar-refractivity contribution < 1.29 is 23.9 Å². The first-order chi connectivity index (χ1) is 6.25. The van der Waals surface area contributed by atoms with Crippen LogP contribution >= 0.6 is 0 Å². The van der Waals surface area contributed by atoms with Crippen molar-refractivity contribution in [2.24, 2.45) is 0 Å². The summed E-state index contributed by atoms with van der Waals surface area (Å²) in [5.74, 6) is 1.04. The van der Waals surface area contributed by atoms with E-state index in [1.54, 1.807) is 24.3 Å². The molecule has 1 aromatic rings. The topological polar surface area (TPSA) is 68.2 Å². The van der Waals surface area contributed by atoms with E-state index in [-0.39, 0.29) is 0 Å². The number of benzene rings is 1. The third-order valence-electron chi connectivity index (χ3n) is 1.53. The average Bonchev–Trinajstić information content (AvgIpc) is 2.44. The number of hydrogen-bond acceptors (Lipinski definition) is 5. The maximum absolute atomic E-state index is 8.47. The summed E-state index contributed by atoms with van der Waals surface area (Å²) >= 11 is 0. The summed E-state index contributed by atoms with van der Waals surface area (Å²) in [5, 5.41) is 16.9. The molecule has 0 spiro atoms. The van der Waals surface area contributed by atoms with Crippen molar-refractivity contribution in [2.45, 2.75) is 0 Å². The van der Waals surface area contributed by atoms with Gasteiger partial charge in [0.15, 0.2) is 0 Å². The van der Waals surface area contributed by atoms with Crippen LogP contribution in [0.15, 0.2) is 24.3 Å². The Morgan fingerprint density at radius 3 is 2.15 bits per heavy atom. The Kier molecular flexibility index (Phi) is 2.13. The molecule has 0 saturated carbocycles. The minimum absolute atomic E-state index is 0.521. The Balaban J connectivity index is 2.05. The molecule has 7 heteroatoms. The van der Waals surface area contributed by atoms with Crippen LogP contribution in [0, 0.1) is 0 Å². The van der Waals surface area contributed by atoms with E-state index < -0.39 is 14.6 Å². The molecule has 0 saturated heterocycles. The lowest BCUT2D eigenvalue weighted by Crippen LogP contribution is -2.36. The van der Waals surface area contributed by atoms with Gasteiger partial charge in [-0.1, -0.05) is 12.1 Å². The molecule has 0 fully saturated rings. The maximum atomic E-state index is 8.47. The van der Waals surface area contributed by atoms with Gasteiger partial charge in [-0.05, 0) is 12.1 Å². The molecular weight excluding hydrogens is 174 g/mol. The molecular formula is C6H6B2O5. The summed E-state index contributed by atoms with van der Waals surface area (Å²) in [6.07, 6.45) is 0. The zero-order valence-corrected chi connectivity index (χ0v) is 6.58. The summed E-state index contributed by atoms with van der Waals surface area (Å²) in [4.78, 5) is 0. The van der Waals surface area contributed by atoms with Crippen LogP contribution in [0.1, 0.15) is 0 Å².